The number of nitrogens with one attached hydrogen (secondary N) is 1. The van der Waals surface area contributed by atoms with Crippen LogP contribution in [0.3, 0.4) is 0 Å². The number of benzene rings is 2. The van der Waals surface area contributed by atoms with Gasteiger partial charge in [-0.3, -0.25) is 14.5 Å². The third kappa shape index (κ3) is 5.46. The highest BCUT2D eigenvalue weighted by Crippen LogP contribution is 2.31. The predicted molar refractivity (Wildman–Crippen MR) is 127 cm³/mol. The van der Waals surface area contributed by atoms with Crippen molar-refractivity contribution in [3.63, 3.8) is 0 Å². The number of ether oxygens (including phenoxy) is 2. The molecule has 9 heteroatoms. The van der Waals surface area contributed by atoms with Gasteiger partial charge >= 0.3 is 0 Å². The molecule has 0 fully saturated rings. The number of likely N-dealkylation sites (N-methyl/N-ethyl adjacent to an activating group) is 2. The number of amides is 1. The SMILES string of the molecule is CCN(CC(=O)N(CC)Cc1ccc2c(c1)OCCO2)Cc1nc2cc(Cl)ccc2c(=O)[nH]1. The van der Waals surface area contributed by atoms with Crippen molar-refractivity contribution in [3.05, 3.63) is 63.2 Å². The van der Waals surface area contributed by atoms with E-state index in [0.29, 0.717) is 66.9 Å². The third-order valence-corrected chi connectivity index (χ3v) is 5.85. The van der Waals surface area contributed by atoms with Crippen LogP contribution < -0.4 is 15.0 Å². The summed E-state index contributed by atoms with van der Waals surface area (Å²) in [4.78, 5) is 36.6. The van der Waals surface area contributed by atoms with Gasteiger partial charge in [0.15, 0.2) is 11.5 Å². The molecule has 1 aliphatic heterocycles. The second-order valence-corrected chi connectivity index (χ2v) is 8.30. The molecule has 2 heterocycles. The molecule has 33 heavy (non-hydrogen) atoms. The zero-order valence-electron chi connectivity index (χ0n) is 18.8. The van der Waals surface area contributed by atoms with Crippen LogP contribution in [0.2, 0.25) is 5.02 Å². The molecule has 1 aromatic heterocycles. The molecule has 2 aromatic carbocycles. The van der Waals surface area contributed by atoms with Gasteiger partial charge in [-0.1, -0.05) is 24.6 Å². The zero-order chi connectivity index (χ0) is 23.4. The lowest BCUT2D eigenvalue weighted by Crippen LogP contribution is -2.40. The lowest BCUT2D eigenvalue weighted by atomic mass is 10.1. The summed E-state index contributed by atoms with van der Waals surface area (Å²) in [5.41, 5.74) is 1.30. The highest BCUT2D eigenvalue weighted by Gasteiger charge is 2.19. The number of halogens is 1. The van der Waals surface area contributed by atoms with Crippen LogP contribution >= 0.6 is 11.6 Å². The summed E-state index contributed by atoms with van der Waals surface area (Å²) in [6.07, 6.45) is 0. The molecule has 1 aliphatic rings. The van der Waals surface area contributed by atoms with E-state index < -0.39 is 0 Å². The molecule has 0 unspecified atom stereocenters. The molecule has 0 bridgehead atoms. The largest absolute Gasteiger partial charge is 0.486 e. The second kappa shape index (κ2) is 10.2. The summed E-state index contributed by atoms with van der Waals surface area (Å²) in [6.45, 7) is 7.25. The predicted octanol–water partition coefficient (Wildman–Crippen LogP) is 3.22. The number of carbonyl (C=O) groups is 1. The molecular weight excluding hydrogens is 444 g/mol. The van der Waals surface area contributed by atoms with E-state index in [9.17, 15) is 9.59 Å². The summed E-state index contributed by atoms with van der Waals surface area (Å²) in [5, 5.41) is 1.01. The Bertz CT molecular complexity index is 1210. The number of hydrogen-bond donors (Lipinski definition) is 1. The minimum atomic E-state index is -0.220. The Balaban J connectivity index is 1.44. The molecular formula is C24H27ClN4O4. The number of fused-ring (bicyclic) bond motifs is 2. The van der Waals surface area contributed by atoms with Crippen molar-refractivity contribution in [3.8, 4) is 11.5 Å². The molecule has 0 atom stereocenters. The van der Waals surface area contributed by atoms with E-state index in [2.05, 4.69) is 9.97 Å². The number of aromatic nitrogens is 2. The summed E-state index contributed by atoms with van der Waals surface area (Å²) in [5.74, 6) is 1.94. The van der Waals surface area contributed by atoms with Crippen LogP contribution in [0.25, 0.3) is 10.9 Å². The summed E-state index contributed by atoms with van der Waals surface area (Å²) < 4.78 is 11.2. The number of rotatable bonds is 8. The highest BCUT2D eigenvalue weighted by molar-refractivity contribution is 6.31. The molecule has 0 saturated heterocycles. The monoisotopic (exact) mass is 470 g/mol. The average molecular weight is 471 g/mol. The second-order valence-electron chi connectivity index (χ2n) is 7.86. The van der Waals surface area contributed by atoms with Gasteiger partial charge in [-0.25, -0.2) is 4.98 Å². The van der Waals surface area contributed by atoms with Crippen molar-refractivity contribution >= 4 is 28.4 Å². The van der Waals surface area contributed by atoms with Crippen LogP contribution in [-0.2, 0) is 17.9 Å². The molecule has 0 spiro atoms. The van der Waals surface area contributed by atoms with Crippen molar-refractivity contribution in [1.29, 1.82) is 0 Å². The maximum Gasteiger partial charge on any atom is 0.258 e. The van der Waals surface area contributed by atoms with Gasteiger partial charge in [0.25, 0.3) is 5.56 Å². The topological polar surface area (TPSA) is 87.8 Å². The Labute approximate surface area is 197 Å². The van der Waals surface area contributed by atoms with E-state index in [1.54, 1.807) is 23.1 Å². The normalized spacial score (nSPS) is 12.8. The van der Waals surface area contributed by atoms with E-state index in [0.717, 1.165) is 11.3 Å². The van der Waals surface area contributed by atoms with Crippen LogP contribution in [-0.4, -0.2) is 58.5 Å². The lowest BCUT2D eigenvalue weighted by molar-refractivity contribution is -0.133. The van der Waals surface area contributed by atoms with E-state index >= 15 is 0 Å². The summed E-state index contributed by atoms with van der Waals surface area (Å²) in [6, 6.07) is 10.8. The van der Waals surface area contributed by atoms with Gasteiger partial charge in [-0.15, -0.1) is 0 Å². The highest BCUT2D eigenvalue weighted by atomic mass is 35.5. The Kier molecular flexibility index (Phi) is 7.15. The number of aromatic amines is 1. The van der Waals surface area contributed by atoms with Gasteiger partial charge in [-0.05, 0) is 49.4 Å². The van der Waals surface area contributed by atoms with Crippen molar-refractivity contribution in [1.82, 2.24) is 19.8 Å². The standard InChI is InChI=1S/C24H27ClN4O4/c1-3-28(14-22-26-19-12-17(25)6-7-18(19)24(31)27-22)15-23(30)29(4-2)13-16-5-8-20-21(11-16)33-10-9-32-20/h5-8,11-12H,3-4,9-10,13-15H2,1-2H3,(H,26,27,31). The third-order valence-electron chi connectivity index (χ3n) is 5.61. The molecule has 0 aliphatic carbocycles. The molecule has 4 rings (SSSR count). The van der Waals surface area contributed by atoms with Crippen molar-refractivity contribution in [2.24, 2.45) is 0 Å². The van der Waals surface area contributed by atoms with Crippen molar-refractivity contribution in [2.75, 3.05) is 32.8 Å². The van der Waals surface area contributed by atoms with Gasteiger partial charge in [0.1, 0.15) is 19.0 Å². The first kappa shape index (κ1) is 23.1. The number of nitrogens with zero attached hydrogens (tertiary/aromatic N) is 3. The van der Waals surface area contributed by atoms with Gasteiger partial charge < -0.3 is 19.4 Å². The van der Waals surface area contributed by atoms with Crippen LogP contribution in [0.1, 0.15) is 25.2 Å². The van der Waals surface area contributed by atoms with Gasteiger partial charge in [0.2, 0.25) is 5.91 Å². The minimum Gasteiger partial charge on any atom is -0.486 e. The maximum absolute atomic E-state index is 13.1. The fourth-order valence-electron chi connectivity index (χ4n) is 3.80. The Morgan fingerprint density at radius 2 is 1.85 bits per heavy atom. The maximum atomic E-state index is 13.1. The van der Waals surface area contributed by atoms with Gasteiger partial charge in [-0.2, -0.15) is 0 Å². The molecule has 0 radical (unpaired) electrons. The first-order valence-corrected chi connectivity index (χ1v) is 11.4. The number of H-pyrrole nitrogens is 1. The first-order valence-electron chi connectivity index (χ1n) is 11.0. The van der Waals surface area contributed by atoms with Gasteiger partial charge in [0, 0.05) is 18.1 Å². The van der Waals surface area contributed by atoms with E-state index in [1.807, 2.05) is 36.9 Å². The van der Waals surface area contributed by atoms with Crippen LogP contribution in [0, 0.1) is 0 Å². The van der Waals surface area contributed by atoms with E-state index in [4.69, 9.17) is 21.1 Å². The van der Waals surface area contributed by atoms with Crippen molar-refractivity contribution < 1.29 is 14.3 Å². The summed E-state index contributed by atoms with van der Waals surface area (Å²) in [7, 11) is 0. The summed E-state index contributed by atoms with van der Waals surface area (Å²) >= 11 is 6.05. The Morgan fingerprint density at radius 1 is 1.06 bits per heavy atom. The quantitative estimate of drug-likeness (QED) is 0.544. The van der Waals surface area contributed by atoms with Crippen LogP contribution in [0.5, 0.6) is 11.5 Å². The van der Waals surface area contributed by atoms with Crippen LogP contribution in [0.4, 0.5) is 0 Å². The van der Waals surface area contributed by atoms with Crippen molar-refractivity contribution in [2.45, 2.75) is 26.9 Å². The van der Waals surface area contributed by atoms with Gasteiger partial charge in [0.05, 0.1) is 24.0 Å². The Hall–Kier alpha value is -3.10. The molecule has 0 saturated carbocycles. The molecule has 1 amide bonds. The fourth-order valence-corrected chi connectivity index (χ4v) is 3.97. The Morgan fingerprint density at radius 3 is 2.61 bits per heavy atom. The van der Waals surface area contributed by atoms with E-state index in [1.165, 1.54) is 0 Å². The molecule has 1 N–H and O–H groups in total. The lowest BCUT2D eigenvalue weighted by Gasteiger charge is -2.26. The molecule has 3 aromatic rings. The fraction of sp³-hybridized carbons (Fsp3) is 0.375. The zero-order valence-corrected chi connectivity index (χ0v) is 19.5. The average Bonchev–Trinajstić information content (AvgIpc) is 2.81. The number of hydrogen-bond acceptors (Lipinski definition) is 6. The minimum absolute atomic E-state index is 0.000389. The molecule has 8 nitrogen and oxygen atoms in total. The van der Waals surface area contributed by atoms with E-state index in [-0.39, 0.29) is 18.0 Å². The first-order chi connectivity index (χ1) is 16.0. The molecule has 174 valence electrons. The number of carbonyl (C=O) groups excluding carboxylic acids is 1. The smallest absolute Gasteiger partial charge is 0.258 e. The van der Waals surface area contributed by atoms with Crippen LogP contribution in [0.15, 0.2) is 41.2 Å².